The molecule has 1 N–H and O–H groups in total. The van der Waals surface area contributed by atoms with Gasteiger partial charge in [-0.2, -0.15) is 18.2 Å². The third kappa shape index (κ3) is 4.49. The van der Waals surface area contributed by atoms with Crippen LogP contribution in [0.1, 0.15) is 12.5 Å². The van der Waals surface area contributed by atoms with Crippen LogP contribution in [0.2, 0.25) is 15.1 Å². The van der Waals surface area contributed by atoms with E-state index in [0.29, 0.717) is 5.56 Å². The van der Waals surface area contributed by atoms with Crippen molar-refractivity contribution < 1.29 is 27.5 Å². The summed E-state index contributed by atoms with van der Waals surface area (Å²) in [4.78, 5) is 8.38. The second-order valence-corrected chi connectivity index (χ2v) is 8.00. The maximum atomic E-state index is 13.0. The van der Waals surface area contributed by atoms with Gasteiger partial charge in [-0.15, -0.1) is 0 Å². The van der Waals surface area contributed by atoms with Crippen LogP contribution in [0.3, 0.4) is 0 Å². The van der Waals surface area contributed by atoms with Crippen molar-refractivity contribution in [1.82, 2.24) is 19.5 Å². The topological polar surface area (TPSA) is 85.7 Å². The van der Waals surface area contributed by atoms with Crippen LogP contribution in [0.5, 0.6) is 5.75 Å². The lowest BCUT2D eigenvalue weighted by Crippen LogP contribution is -2.12. The van der Waals surface area contributed by atoms with Gasteiger partial charge in [0.05, 0.1) is 26.7 Å². The smallest absolute Gasteiger partial charge is 0.417 e. The molecule has 4 rings (SSSR count). The fraction of sp³-hybridized carbons (Fsp3) is 0.211. The Morgan fingerprint density at radius 2 is 1.84 bits per heavy atom. The molecule has 0 aliphatic carbocycles. The minimum absolute atomic E-state index is 0.0221. The van der Waals surface area contributed by atoms with Gasteiger partial charge < -0.3 is 18.8 Å². The summed E-state index contributed by atoms with van der Waals surface area (Å²) < 4.78 is 50.8. The standard InChI is InChI=1S/C19H12Cl3F3N4O3/c1-8(30)7-31-15-4-11(20)10(3-12(15)21)16-27-18(32-28-16)14-6-29-5-9(19(23,24)25)2-13(22)17(29)26-14/h2-6,8,30H,7H2,1H3. The fourth-order valence-corrected chi connectivity index (χ4v) is 3.49. The number of halogens is 6. The molecule has 0 saturated carbocycles. The van der Waals surface area contributed by atoms with Gasteiger partial charge in [0, 0.05) is 24.0 Å². The van der Waals surface area contributed by atoms with E-state index in [0.717, 1.165) is 16.7 Å². The van der Waals surface area contributed by atoms with E-state index >= 15 is 0 Å². The number of ether oxygens (including phenoxy) is 1. The van der Waals surface area contributed by atoms with Gasteiger partial charge in [-0.3, -0.25) is 0 Å². The number of alkyl halides is 3. The number of fused-ring (bicyclic) bond motifs is 1. The van der Waals surface area contributed by atoms with Crippen LogP contribution >= 0.6 is 34.8 Å². The molecular weight excluding hydrogens is 496 g/mol. The zero-order valence-electron chi connectivity index (χ0n) is 16.0. The van der Waals surface area contributed by atoms with Crippen molar-refractivity contribution in [1.29, 1.82) is 0 Å². The van der Waals surface area contributed by atoms with Crippen LogP contribution in [0.15, 0.2) is 35.1 Å². The lowest BCUT2D eigenvalue weighted by Gasteiger charge is -2.11. The first-order valence-corrected chi connectivity index (χ1v) is 10.1. The zero-order valence-corrected chi connectivity index (χ0v) is 18.3. The highest BCUT2D eigenvalue weighted by molar-refractivity contribution is 6.36. The Labute approximate surface area is 193 Å². The summed E-state index contributed by atoms with van der Waals surface area (Å²) in [5, 5.41) is 13.4. The molecule has 3 aromatic heterocycles. The molecule has 0 bridgehead atoms. The molecular formula is C19H12Cl3F3N4O3. The summed E-state index contributed by atoms with van der Waals surface area (Å²) in [7, 11) is 0. The number of pyridine rings is 1. The van der Waals surface area contributed by atoms with Gasteiger partial charge in [-0.25, -0.2) is 4.98 Å². The lowest BCUT2D eigenvalue weighted by molar-refractivity contribution is -0.137. The minimum atomic E-state index is -4.57. The van der Waals surface area contributed by atoms with Gasteiger partial charge in [-0.1, -0.05) is 40.0 Å². The van der Waals surface area contributed by atoms with Gasteiger partial charge in [-0.05, 0) is 19.1 Å². The molecule has 1 unspecified atom stereocenters. The Kier molecular flexibility index (Phi) is 5.97. The third-order valence-corrected chi connectivity index (χ3v) is 5.11. The Hall–Kier alpha value is -2.53. The van der Waals surface area contributed by atoms with Crippen molar-refractivity contribution in [2.45, 2.75) is 19.2 Å². The summed E-state index contributed by atoms with van der Waals surface area (Å²) in [5.41, 5.74) is -0.388. The molecule has 0 aliphatic rings. The average Bonchev–Trinajstić information content (AvgIpc) is 3.34. The predicted molar refractivity (Wildman–Crippen MR) is 111 cm³/mol. The first-order chi connectivity index (χ1) is 15.0. The monoisotopic (exact) mass is 506 g/mol. The van der Waals surface area contributed by atoms with Crippen LogP contribution in [0, 0.1) is 0 Å². The molecule has 0 aliphatic heterocycles. The zero-order chi connectivity index (χ0) is 23.2. The number of nitrogens with zero attached hydrogens (tertiary/aromatic N) is 4. The van der Waals surface area contributed by atoms with E-state index in [1.807, 2.05) is 0 Å². The molecule has 0 radical (unpaired) electrons. The molecule has 13 heteroatoms. The number of aliphatic hydroxyl groups excluding tert-OH is 1. The molecule has 0 amide bonds. The fourth-order valence-electron chi connectivity index (χ4n) is 2.77. The van der Waals surface area contributed by atoms with Gasteiger partial charge in [0.1, 0.15) is 18.1 Å². The normalized spacial score (nSPS) is 13.0. The maximum Gasteiger partial charge on any atom is 0.417 e. The number of benzene rings is 1. The number of rotatable bonds is 5. The molecule has 1 atom stereocenters. The van der Waals surface area contributed by atoms with Crippen molar-refractivity contribution in [3.05, 3.63) is 51.2 Å². The van der Waals surface area contributed by atoms with Crippen molar-refractivity contribution in [2.75, 3.05) is 6.61 Å². The number of aliphatic hydroxyl groups is 1. The molecule has 7 nitrogen and oxygen atoms in total. The van der Waals surface area contributed by atoms with Gasteiger partial charge >= 0.3 is 6.18 Å². The number of hydrogen-bond donors (Lipinski definition) is 1. The highest BCUT2D eigenvalue weighted by Gasteiger charge is 2.32. The Morgan fingerprint density at radius 1 is 1.09 bits per heavy atom. The second-order valence-electron chi connectivity index (χ2n) is 6.78. The van der Waals surface area contributed by atoms with Crippen molar-refractivity contribution in [3.63, 3.8) is 0 Å². The first kappa shape index (κ1) is 22.7. The summed E-state index contributed by atoms with van der Waals surface area (Å²) in [6.07, 6.45) is -3.12. The van der Waals surface area contributed by atoms with E-state index in [-0.39, 0.29) is 50.5 Å². The first-order valence-electron chi connectivity index (χ1n) is 8.92. The molecule has 3 heterocycles. The molecule has 4 aromatic rings. The molecule has 1 aromatic carbocycles. The highest BCUT2D eigenvalue weighted by atomic mass is 35.5. The Bertz CT molecular complexity index is 1300. The molecule has 0 fully saturated rings. The van der Waals surface area contributed by atoms with E-state index in [4.69, 9.17) is 44.1 Å². The molecule has 0 spiro atoms. The van der Waals surface area contributed by atoms with Crippen molar-refractivity contribution in [3.8, 4) is 28.7 Å². The number of imidazole rings is 1. The molecule has 0 saturated heterocycles. The highest BCUT2D eigenvalue weighted by Crippen LogP contribution is 2.37. The third-order valence-electron chi connectivity index (χ3n) is 4.22. The quantitative estimate of drug-likeness (QED) is 0.368. The molecule has 32 heavy (non-hydrogen) atoms. The molecule has 168 valence electrons. The van der Waals surface area contributed by atoms with E-state index in [9.17, 15) is 18.3 Å². The Morgan fingerprint density at radius 3 is 2.53 bits per heavy atom. The second kappa shape index (κ2) is 8.43. The predicted octanol–water partition coefficient (Wildman–Crippen LogP) is 5.79. The Balaban J connectivity index is 1.68. The summed E-state index contributed by atoms with van der Waals surface area (Å²) in [6, 6.07) is 3.70. The van der Waals surface area contributed by atoms with Gasteiger partial charge in [0.15, 0.2) is 5.65 Å². The van der Waals surface area contributed by atoms with E-state index in [1.54, 1.807) is 6.92 Å². The van der Waals surface area contributed by atoms with E-state index in [1.165, 1.54) is 18.3 Å². The van der Waals surface area contributed by atoms with Crippen LogP contribution in [-0.4, -0.2) is 37.3 Å². The van der Waals surface area contributed by atoms with Crippen LogP contribution in [0.25, 0.3) is 28.6 Å². The maximum absolute atomic E-state index is 13.0. The van der Waals surface area contributed by atoms with Crippen LogP contribution < -0.4 is 4.74 Å². The largest absolute Gasteiger partial charge is 0.489 e. The SMILES string of the molecule is CC(O)COc1cc(Cl)c(-c2noc(-c3cn4cc(C(F)(F)F)cc(Cl)c4n3)n2)cc1Cl. The van der Waals surface area contributed by atoms with Gasteiger partial charge in [0.25, 0.3) is 5.89 Å². The lowest BCUT2D eigenvalue weighted by atomic mass is 10.2. The summed E-state index contributed by atoms with van der Waals surface area (Å²) in [6.45, 7) is 1.58. The van der Waals surface area contributed by atoms with Crippen LogP contribution in [-0.2, 0) is 6.18 Å². The van der Waals surface area contributed by atoms with E-state index < -0.39 is 17.8 Å². The summed E-state index contributed by atoms with van der Waals surface area (Å²) in [5.74, 6) is 0.281. The minimum Gasteiger partial charge on any atom is -0.489 e. The number of aromatic nitrogens is 4. The number of hydrogen-bond acceptors (Lipinski definition) is 6. The van der Waals surface area contributed by atoms with E-state index in [2.05, 4.69) is 15.1 Å². The van der Waals surface area contributed by atoms with Crippen molar-refractivity contribution >= 4 is 40.4 Å². The summed E-state index contributed by atoms with van der Waals surface area (Å²) >= 11 is 18.5. The van der Waals surface area contributed by atoms with Crippen LogP contribution in [0.4, 0.5) is 13.2 Å². The van der Waals surface area contributed by atoms with Crippen molar-refractivity contribution in [2.24, 2.45) is 0 Å². The van der Waals surface area contributed by atoms with Gasteiger partial charge in [0.2, 0.25) is 5.82 Å². The average molecular weight is 508 g/mol.